The lowest BCUT2D eigenvalue weighted by atomic mass is 10.4. The van der Waals surface area contributed by atoms with Crippen molar-refractivity contribution in [1.29, 1.82) is 0 Å². The summed E-state index contributed by atoms with van der Waals surface area (Å²) < 4.78 is 2.45. The molecule has 0 aliphatic rings. The maximum Gasteiger partial charge on any atom is 0.266 e. The van der Waals surface area contributed by atoms with Crippen molar-refractivity contribution in [2.45, 2.75) is 13.0 Å². The van der Waals surface area contributed by atoms with Crippen molar-refractivity contribution in [3.05, 3.63) is 33.1 Å². The second-order valence-corrected chi connectivity index (χ2v) is 6.20. The smallest absolute Gasteiger partial charge is 0.266 e. The summed E-state index contributed by atoms with van der Waals surface area (Å²) in [4.78, 5) is 23.1. The first-order valence-corrected chi connectivity index (χ1v) is 7.04. The molecule has 2 heterocycles. The van der Waals surface area contributed by atoms with Gasteiger partial charge in [0.15, 0.2) is 5.82 Å². The van der Waals surface area contributed by atoms with Crippen LogP contribution in [0.15, 0.2) is 28.2 Å². The van der Waals surface area contributed by atoms with Crippen LogP contribution in [0.4, 0.5) is 5.82 Å². The van der Waals surface area contributed by atoms with Gasteiger partial charge >= 0.3 is 0 Å². The van der Waals surface area contributed by atoms with E-state index in [1.54, 1.807) is 23.0 Å². The van der Waals surface area contributed by atoms with E-state index < -0.39 is 0 Å². The number of aromatic nitrogens is 2. The summed E-state index contributed by atoms with van der Waals surface area (Å²) in [5.74, 6) is -0.153. The Labute approximate surface area is 121 Å². The summed E-state index contributed by atoms with van der Waals surface area (Å²) in [6.07, 6.45) is 1.90. The summed E-state index contributed by atoms with van der Waals surface area (Å²) in [5.41, 5.74) is 5.05. The highest BCUT2D eigenvalue weighted by molar-refractivity contribution is 9.11. The van der Waals surface area contributed by atoms with Crippen molar-refractivity contribution >= 4 is 44.9 Å². The number of amides is 2. The molecule has 0 aliphatic carbocycles. The van der Waals surface area contributed by atoms with Gasteiger partial charge in [-0.05, 0) is 28.1 Å². The van der Waals surface area contributed by atoms with E-state index in [0.29, 0.717) is 17.2 Å². The molecule has 2 aromatic rings. The first-order chi connectivity index (χ1) is 9.04. The van der Waals surface area contributed by atoms with E-state index in [1.165, 1.54) is 11.3 Å². The molecule has 0 spiro atoms. The number of nitrogens with one attached hydrogen (secondary N) is 1. The van der Waals surface area contributed by atoms with Crippen LogP contribution in [-0.4, -0.2) is 21.6 Å². The van der Waals surface area contributed by atoms with Gasteiger partial charge in [0, 0.05) is 25.2 Å². The van der Waals surface area contributed by atoms with Gasteiger partial charge in [-0.2, -0.15) is 5.10 Å². The molecular formula is C11H11BrN4O2S. The molecular weight excluding hydrogens is 332 g/mol. The fourth-order valence-corrected chi connectivity index (χ4v) is 2.67. The van der Waals surface area contributed by atoms with Crippen LogP contribution in [0.2, 0.25) is 0 Å². The first kappa shape index (κ1) is 13.8. The molecule has 3 N–H and O–H groups in total. The minimum Gasteiger partial charge on any atom is -0.370 e. The standard InChI is InChI=1S/C11H11BrN4O2S/c12-8-2-1-7(19-8)11(18)14-10-4-6-16(15-10)5-3-9(13)17/h1-2,4,6H,3,5H2,(H2,13,17)(H,14,15,18). The van der Waals surface area contributed by atoms with E-state index in [1.807, 2.05) is 6.07 Å². The number of nitrogens with two attached hydrogens (primary N) is 1. The van der Waals surface area contributed by atoms with Gasteiger partial charge in [-0.15, -0.1) is 11.3 Å². The second kappa shape index (κ2) is 5.98. The SMILES string of the molecule is NC(=O)CCn1ccc(NC(=O)c2ccc(Br)s2)n1. The minimum absolute atomic E-state index is 0.212. The Morgan fingerprint density at radius 3 is 2.84 bits per heavy atom. The zero-order valence-corrected chi connectivity index (χ0v) is 12.2. The highest BCUT2D eigenvalue weighted by Gasteiger charge is 2.10. The number of rotatable bonds is 5. The van der Waals surface area contributed by atoms with E-state index in [4.69, 9.17) is 5.73 Å². The Kier molecular flexibility index (Phi) is 4.33. The lowest BCUT2D eigenvalue weighted by molar-refractivity contribution is -0.118. The Hall–Kier alpha value is -1.67. The largest absolute Gasteiger partial charge is 0.370 e. The molecule has 8 heteroatoms. The lowest BCUT2D eigenvalue weighted by Crippen LogP contribution is -2.15. The third-order valence-corrected chi connectivity index (χ3v) is 3.89. The predicted octanol–water partition coefficient (Wildman–Crippen LogP) is 1.83. The molecule has 0 aromatic carbocycles. The van der Waals surface area contributed by atoms with E-state index in [0.717, 1.165) is 3.79 Å². The molecule has 19 heavy (non-hydrogen) atoms. The summed E-state index contributed by atoms with van der Waals surface area (Å²) in [5, 5.41) is 6.81. The highest BCUT2D eigenvalue weighted by atomic mass is 79.9. The normalized spacial score (nSPS) is 10.4. The molecule has 100 valence electrons. The predicted molar refractivity (Wildman–Crippen MR) is 76.0 cm³/mol. The van der Waals surface area contributed by atoms with Crippen LogP contribution < -0.4 is 11.1 Å². The molecule has 2 amide bonds. The molecule has 6 nitrogen and oxygen atoms in total. The average Bonchev–Trinajstić information content (AvgIpc) is 2.95. The van der Waals surface area contributed by atoms with Gasteiger partial charge in [-0.25, -0.2) is 0 Å². The van der Waals surface area contributed by atoms with Gasteiger partial charge in [0.1, 0.15) is 0 Å². The first-order valence-electron chi connectivity index (χ1n) is 5.43. The average molecular weight is 343 g/mol. The topological polar surface area (TPSA) is 90.0 Å². The number of thiophene rings is 1. The quantitative estimate of drug-likeness (QED) is 0.868. The van der Waals surface area contributed by atoms with Gasteiger partial charge in [0.25, 0.3) is 5.91 Å². The fourth-order valence-electron chi connectivity index (χ4n) is 1.39. The van der Waals surface area contributed by atoms with Crippen LogP contribution in [0.1, 0.15) is 16.1 Å². The van der Waals surface area contributed by atoms with Gasteiger partial charge in [0.2, 0.25) is 5.91 Å². The maximum absolute atomic E-state index is 11.9. The molecule has 0 saturated heterocycles. The summed E-state index contributed by atoms with van der Waals surface area (Å²) >= 11 is 4.64. The Bertz CT molecular complexity index is 607. The van der Waals surface area contributed by atoms with Gasteiger partial charge < -0.3 is 11.1 Å². The van der Waals surface area contributed by atoms with E-state index >= 15 is 0 Å². The Morgan fingerprint density at radius 1 is 1.42 bits per heavy atom. The lowest BCUT2D eigenvalue weighted by Gasteiger charge is -2.00. The number of halogens is 1. The molecule has 0 radical (unpaired) electrons. The van der Waals surface area contributed by atoms with Crippen molar-refractivity contribution in [2.75, 3.05) is 5.32 Å². The van der Waals surface area contributed by atoms with Crippen molar-refractivity contribution in [2.24, 2.45) is 5.73 Å². The number of hydrogen-bond donors (Lipinski definition) is 2. The molecule has 0 aliphatic heterocycles. The molecule has 0 fully saturated rings. The molecule has 0 atom stereocenters. The molecule has 0 unspecified atom stereocenters. The van der Waals surface area contributed by atoms with Crippen molar-refractivity contribution in [3.8, 4) is 0 Å². The van der Waals surface area contributed by atoms with Crippen LogP contribution >= 0.6 is 27.3 Å². The second-order valence-electron chi connectivity index (χ2n) is 3.74. The highest BCUT2D eigenvalue weighted by Crippen LogP contribution is 2.22. The minimum atomic E-state index is -0.385. The zero-order valence-electron chi connectivity index (χ0n) is 9.80. The molecule has 0 bridgehead atoms. The number of aryl methyl sites for hydroxylation is 1. The third kappa shape index (κ3) is 3.90. The Morgan fingerprint density at radius 2 is 2.21 bits per heavy atom. The molecule has 0 saturated carbocycles. The summed E-state index contributed by atoms with van der Waals surface area (Å²) in [6, 6.07) is 5.21. The van der Waals surface area contributed by atoms with Crippen LogP contribution in [-0.2, 0) is 11.3 Å². The Balaban J connectivity index is 1.96. The van der Waals surface area contributed by atoms with Gasteiger partial charge in [0.05, 0.1) is 8.66 Å². The number of hydrogen-bond acceptors (Lipinski definition) is 4. The maximum atomic E-state index is 11.9. The van der Waals surface area contributed by atoms with Crippen molar-refractivity contribution < 1.29 is 9.59 Å². The van der Waals surface area contributed by atoms with Crippen LogP contribution in [0.3, 0.4) is 0 Å². The van der Waals surface area contributed by atoms with Crippen molar-refractivity contribution in [3.63, 3.8) is 0 Å². The number of primary amides is 1. The number of anilines is 1. The summed E-state index contributed by atoms with van der Waals surface area (Å²) in [6.45, 7) is 0.399. The molecule has 2 rings (SSSR count). The number of carbonyl (C=O) groups is 2. The fraction of sp³-hybridized carbons (Fsp3) is 0.182. The van der Waals surface area contributed by atoms with E-state index in [9.17, 15) is 9.59 Å². The van der Waals surface area contributed by atoms with E-state index in [2.05, 4.69) is 26.3 Å². The summed E-state index contributed by atoms with van der Waals surface area (Å²) in [7, 11) is 0. The van der Waals surface area contributed by atoms with E-state index in [-0.39, 0.29) is 18.2 Å². The third-order valence-electron chi connectivity index (χ3n) is 2.27. The van der Waals surface area contributed by atoms with Crippen molar-refractivity contribution in [1.82, 2.24) is 9.78 Å². The van der Waals surface area contributed by atoms with Crippen LogP contribution in [0, 0.1) is 0 Å². The van der Waals surface area contributed by atoms with Crippen LogP contribution in [0.5, 0.6) is 0 Å². The monoisotopic (exact) mass is 342 g/mol. The van der Waals surface area contributed by atoms with Crippen LogP contribution in [0.25, 0.3) is 0 Å². The van der Waals surface area contributed by atoms with Gasteiger partial charge in [-0.3, -0.25) is 14.3 Å². The van der Waals surface area contributed by atoms with Gasteiger partial charge in [-0.1, -0.05) is 0 Å². The number of carbonyl (C=O) groups excluding carboxylic acids is 2. The molecule has 2 aromatic heterocycles. The zero-order chi connectivity index (χ0) is 13.8. The number of nitrogens with zero attached hydrogens (tertiary/aromatic N) is 2.